The number of rotatable bonds is 2. The lowest BCUT2D eigenvalue weighted by atomic mass is 9.95. The van der Waals surface area contributed by atoms with Crippen molar-refractivity contribution < 1.29 is 13.2 Å². The Bertz CT molecular complexity index is 399. The molecular weight excluding hydrogens is 331 g/mol. The number of anilines is 1. The Morgan fingerprint density at radius 3 is 2.39 bits per heavy atom. The molecule has 1 aromatic rings. The van der Waals surface area contributed by atoms with Gasteiger partial charge in [0.15, 0.2) is 0 Å². The minimum Gasteiger partial charge on any atom is -0.347 e. The third-order valence-electron chi connectivity index (χ3n) is 3.12. The first-order valence-corrected chi connectivity index (χ1v) is 7.41. The van der Waals surface area contributed by atoms with Gasteiger partial charge in [-0.05, 0) is 18.8 Å². The van der Waals surface area contributed by atoms with Gasteiger partial charge in [0.05, 0.1) is 0 Å². The second-order valence-electron chi connectivity index (χ2n) is 4.39. The Kier molecular flexibility index (Phi) is 4.15. The van der Waals surface area contributed by atoms with E-state index in [2.05, 4.69) is 33.1 Å². The Hall–Kier alpha value is -0.370. The predicted molar refractivity (Wildman–Crippen MR) is 68.2 cm³/mol. The minimum atomic E-state index is -4.39. The number of alkyl halides is 4. The van der Waals surface area contributed by atoms with Gasteiger partial charge in [-0.15, -0.1) is 10.2 Å². The van der Waals surface area contributed by atoms with Crippen molar-refractivity contribution in [3.05, 3.63) is 5.01 Å². The average molecular weight is 344 g/mol. The summed E-state index contributed by atoms with van der Waals surface area (Å²) in [5, 5.41) is 6.36. The van der Waals surface area contributed by atoms with Gasteiger partial charge in [0.1, 0.15) is 0 Å². The van der Waals surface area contributed by atoms with Crippen LogP contribution in [-0.4, -0.2) is 28.1 Å². The molecule has 8 heteroatoms. The molecule has 0 bridgehead atoms. The van der Waals surface area contributed by atoms with Crippen LogP contribution >= 0.6 is 27.3 Å². The van der Waals surface area contributed by atoms with Crippen LogP contribution in [0.2, 0.25) is 0 Å². The van der Waals surface area contributed by atoms with E-state index in [9.17, 15) is 13.2 Å². The van der Waals surface area contributed by atoms with Crippen molar-refractivity contribution in [3.63, 3.8) is 0 Å². The van der Waals surface area contributed by atoms with E-state index >= 15 is 0 Å². The maximum atomic E-state index is 12.4. The lowest BCUT2D eigenvalue weighted by molar-refractivity contribution is -0.138. The van der Waals surface area contributed by atoms with Gasteiger partial charge < -0.3 is 4.90 Å². The summed E-state index contributed by atoms with van der Waals surface area (Å²) in [4.78, 5) is 2.33. The highest BCUT2D eigenvalue weighted by Crippen LogP contribution is 2.36. The highest BCUT2D eigenvalue weighted by molar-refractivity contribution is 9.09. The third-order valence-corrected chi connectivity index (χ3v) is 4.89. The largest absolute Gasteiger partial charge is 0.445 e. The normalized spacial score (nSPS) is 20.2. The number of hydrogen-bond donors (Lipinski definition) is 0. The van der Waals surface area contributed by atoms with Crippen LogP contribution in [0.1, 0.15) is 24.8 Å². The minimum absolute atomic E-state index is 0.378. The van der Waals surface area contributed by atoms with E-state index < -0.39 is 11.2 Å². The van der Waals surface area contributed by atoms with Crippen LogP contribution in [0.5, 0.6) is 0 Å². The summed E-state index contributed by atoms with van der Waals surface area (Å²) in [5.74, 6) is 0.580. The summed E-state index contributed by atoms with van der Waals surface area (Å²) >= 11 is 4.17. The second kappa shape index (κ2) is 5.32. The fourth-order valence-corrected chi connectivity index (χ4v) is 3.30. The smallest absolute Gasteiger partial charge is 0.347 e. The summed E-state index contributed by atoms with van der Waals surface area (Å²) in [7, 11) is 0. The highest BCUT2D eigenvalue weighted by Gasteiger charge is 2.36. The van der Waals surface area contributed by atoms with Crippen molar-refractivity contribution in [2.75, 3.05) is 18.0 Å². The summed E-state index contributed by atoms with van der Waals surface area (Å²) < 4.78 is 37.3. The standard InChI is InChI=1S/C10H13BrF3N3S/c1-6(11)7-2-4-17(5-3-7)9-16-15-8(18-9)10(12,13)14/h6-7H,2-5H2,1H3. The Morgan fingerprint density at radius 2 is 1.94 bits per heavy atom. The van der Waals surface area contributed by atoms with Gasteiger partial charge in [-0.2, -0.15) is 13.2 Å². The Balaban J connectivity index is 2.00. The van der Waals surface area contributed by atoms with E-state index in [4.69, 9.17) is 0 Å². The molecule has 0 spiro atoms. The van der Waals surface area contributed by atoms with Crippen LogP contribution in [-0.2, 0) is 6.18 Å². The quantitative estimate of drug-likeness (QED) is 0.769. The van der Waals surface area contributed by atoms with E-state index in [0.717, 1.165) is 25.9 Å². The van der Waals surface area contributed by atoms with E-state index in [1.807, 2.05) is 4.90 Å². The van der Waals surface area contributed by atoms with E-state index in [1.54, 1.807) is 0 Å². The van der Waals surface area contributed by atoms with Crippen molar-refractivity contribution in [2.24, 2.45) is 5.92 Å². The van der Waals surface area contributed by atoms with Gasteiger partial charge in [0.2, 0.25) is 10.1 Å². The number of halogens is 4. The lowest BCUT2D eigenvalue weighted by Gasteiger charge is -2.32. The molecule has 2 rings (SSSR count). The number of nitrogens with zero attached hydrogens (tertiary/aromatic N) is 3. The molecule has 1 saturated heterocycles. The van der Waals surface area contributed by atoms with Crippen LogP contribution in [0.25, 0.3) is 0 Å². The number of piperidine rings is 1. The maximum absolute atomic E-state index is 12.4. The van der Waals surface area contributed by atoms with E-state index in [0.29, 0.717) is 27.2 Å². The fourth-order valence-electron chi connectivity index (χ4n) is 2.01. The summed E-state index contributed by atoms with van der Waals surface area (Å²) in [6.07, 6.45) is -2.46. The second-order valence-corrected chi connectivity index (χ2v) is 6.79. The molecule has 1 fully saturated rings. The molecule has 1 atom stereocenters. The zero-order valence-electron chi connectivity index (χ0n) is 9.74. The molecule has 18 heavy (non-hydrogen) atoms. The summed E-state index contributed by atoms with van der Waals surface area (Å²) in [5.41, 5.74) is 0. The molecule has 0 N–H and O–H groups in total. The van der Waals surface area contributed by atoms with Gasteiger partial charge in [0, 0.05) is 17.9 Å². The first-order chi connectivity index (χ1) is 8.38. The van der Waals surface area contributed by atoms with Crippen LogP contribution in [0.3, 0.4) is 0 Å². The van der Waals surface area contributed by atoms with Gasteiger partial charge in [-0.25, -0.2) is 0 Å². The molecule has 0 saturated carbocycles. The molecule has 1 aromatic heterocycles. The third kappa shape index (κ3) is 3.14. The Morgan fingerprint density at radius 1 is 1.33 bits per heavy atom. The topological polar surface area (TPSA) is 29.0 Å². The van der Waals surface area contributed by atoms with Crippen molar-refractivity contribution in [1.29, 1.82) is 0 Å². The van der Waals surface area contributed by atoms with Crippen molar-refractivity contribution in [2.45, 2.75) is 30.8 Å². The predicted octanol–water partition coefficient (Wildman–Crippen LogP) is 3.56. The highest BCUT2D eigenvalue weighted by atomic mass is 79.9. The van der Waals surface area contributed by atoms with Crippen LogP contribution in [0, 0.1) is 5.92 Å². The van der Waals surface area contributed by atoms with Crippen LogP contribution < -0.4 is 4.90 Å². The fraction of sp³-hybridized carbons (Fsp3) is 0.800. The summed E-state index contributed by atoms with van der Waals surface area (Å²) in [6, 6.07) is 0. The van der Waals surface area contributed by atoms with Gasteiger partial charge >= 0.3 is 6.18 Å². The molecule has 0 amide bonds. The zero-order chi connectivity index (χ0) is 13.3. The molecular formula is C10H13BrF3N3S. The van der Waals surface area contributed by atoms with Crippen LogP contribution in [0.4, 0.5) is 18.3 Å². The molecule has 0 aliphatic carbocycles. The molecule has 2 heterocycles. The molecule has 1 aliphatic heterocycles. The van der Waals surface area contributed by atoms with Crippen molar-refractivity contribution >= 4 is 32.4 Å². The molecule has 1 unspecified atom stereocenters. The van der Waals surface area contributed by atoms with Gasteiger partial charge in [0.25, 0.3) is 0 Å². The molecule has 0 radical (unpaired) electrons. The Labute approximate surface area is 116 Å². The average Bonchev–Trinajstić information content (AvgIpc) is 2.78. The SMILES string of the molecule is CC(Br)C1CCN(c2nnc(C(F)(F)F)s2)CC1. The number of hydrogen-bond acceptors (Lipinski definition) is 4. The van der Waals surface area contributed by atoms with Crippen molar-refractivity contribution in [1.82, 2.24) is 10.2 Å². The van der Waals surface area contributed by atoms with Crippen molar-refractivity contribution in [3.8, 4) is 0 Å². The molecule has 1 aliphatic rings. The zero-order valence-corrected chi connectivity index (χ0v) is 12.1. The van der Waals surface area contributed by atoms with E-state index in [1.165, 1.54) is 0 Å². The van der Waals surface area contributed by atoms with E-state index in [-0.39, 0.29) is 0 Å². The molecule has 3 nitrogen and oxygen atoms in total. The maximum Gasteiger partial charge on any atom is 0.445 e. The lowest BCUT2D eigenvalue weighted by Crippen LogP contribution is -2.35. The monoisotopic (exact) mass is 343 g/mol. The van der Waals surface area contributed by atoms with Gasteiger partial charge in [-0.1, -0.05) is 34.2 Å². The van der Waals surface area contributed by atoms with Gasteiger partial charge in [-0.3, -0.25) is 0 Å². The molecule has 102 valence electrons. The van der Waals surface area contributed by atoms with Crippen LogP contribution in [0.15, 0.2) is 0 Å². The first kappa shape index (κ1) is 14.0. The summed E-state index contributed by atoms with van der Waals surface area (Å²) in [6.45, 7) is 3.59. The first-order valence-electron chi connectivity index (χ1n) is 5.67. The number of aromatic nitrogens is 2. The molecule has 0 aromatic carbocycles.